The molecular weight excluding hydrogens is 744 g/mol. The molecule has 15 nitrogen and oxygen atoms in total. The van der Waals surface area contributed by atoms with Crippen molar-refractivity contribution in [2.45, 2.75) is 128 Å². The number of aliphatic hydroxyl groups excluding tert-OH is 7. The second-order valence-corrected chi connectivity index (χ2v) is 15.0. The number of carbonyl (C=O) groups excluding carboxylic acids is 3. The highest BCUT2D eigenvalue weighted by molar-refractivity contribution is 6.01. The van der Waals surface area contributed by atoms with Gasteiger partial charge >= 0.3 is 11.9 Å². The third kappa shape index (κ3) is 13.3. The molecule has 2 heterocycles. The minimum atomic E-state index is -1.93. The summed E-state index contributed by atoms with van der Waals surface area (Å²) in [5.74, 6) is -2.07. The topological polar surface area (TPSA) is 239 Å². The zero-order valence-electron chi connectivity index (χ0n) is 33.3. The molecule has 1 aliphatic carbocycles. The molecule has 0 aromatic rings. The number of hydrogen-bond donors (Lipinski definition) is 7. The van der Waals surface area contributed by atoms with Crippen LogP contribution in [-0.2, 0) is 38.1 Å². The number of aliphatic hydroxyl groups is 7. The molecule has 0 saturated carbocycles. The highest BCUT2D eigenvalue weighted by atomic mass is 16.7. The Morgan fingerprint density at radius 1 is 0.807 bits per heavy atom. The molecule has 0 amide bonds. The van der Waals surface area contributed by atoms with Gasteiger partial charge < -0.3 is 59.4 Å². The third-order valence-electron chi connectivity index (χ3n) is 9.89. The van der Waals surface area contributed by atoms with Crippen molar-refractivity contribution in [1.82, 2.24) is 0 Å². The lowest BCUT2D eigenvalue weighted by Gasteiger charge is -2.45. The van der Waals surface area contributed by atoms with Crippen LogP contribution in [0.3, 0.4) is 0 Å². The first-order chi connectivity index (χ1) is 26.8. The van der Waals surface area contributed by atoms with E-state index in [0.29, 0.717) is 5.57 Å². The summed E-state index contributed by atoms with van der Waals surface area (Å²) >= 11 is 0. The highest BCUT2D eigenvalue weighted by Gasteiger charge is 2.50. The molecule has 0 radical (unpaired) electrons. The minimum absolute atomic E-state index is 0.214. The van der Waals surface area contributed by atoms with Crippen LogP contribution in [0.4, 0.5) is 0 Å². The summed E-state index contributed by atoms with van der Waals surface area (Å²) in [5.41, 5.74) is 3.83. The van der Waals surface area contributed by atoms with Crippen molar-refractivity contribution in [2.24, 2.45) is 5.41 Å². The molecule has 11 atom stereocenters. The average molecular weight is 803 g/mol. The zero-order valence-corrected chi connectivity index (χ0v) is 33.3. The monoisotopic (exact) mass is 802 g/mol. The Kier molecular flexibility index (Phi) is 18.1. The highest BCUT2D eigenvalue weighted by Crippen LogP contribution is 2.41. The molecule has 0 aromatic heterocycles. The van der Waals surface area contributed by atoms with Crippen LogP contribution in [0.2, 0.25) is 0 Å². The normalized spacial score (nSPS) is 33.0. The van der Waals surface area contributed by atoms with Crippen LogP contribution in [0.1, 0.15) is 60.8 Å². The van der Waals surface area contributed by atoms with Gasteiger partial charge in [-0.05, 0) is 44.3 Å². The van der Waals surface area contributed by atoms with Crippen LogP contribution < -0.4 is 0 Å². The van der Waals surface area contributed by atoms with Crippen molar-refractivity contribution in [1.29, 1.82) is 0 Å². The summed E-state index contributed by atoms with van der Waals surface area (Å²) in [6, 6.07) is 0. The Labute approximate surface area is 333 Å². The molecule has 57 heavy (non-hydrogen) atoms. The summed E-state index contributed by atoms with van der Waals surface area (Å²) in [5, 5.41) is 70.8. The zero-order chi connectivity index (χ0) is 42.6. The molecule has 0 bridgehead atoms. The van der Waals surface area contributed by atoms with Crippen molar-refractivity contribution in [3.63, 3.8) is 0 Å². The number of allylic oxidation sites excluding steroid dienone is 14. The van der Waals surface area contributed by atoms with E-state index in [0.717, 1.165) is 22.3 Å². The van der Waals surface area contributed by atoms with E-state index in [9.17, 15) is 50.1 Å². The lowest BCUT2D eigenvalue weighted by atomic mass is 9.71. The Morgan fingerprint density at radius 2 is 1.42 bits per heavy atom. The van der Waals surface area contributed by atoms with E-state index in [1.165, 1.54) is 0 Å². The van der Waals surface area contributed by atoms with Gasteiger partial charge in [-0.2, -0.15) is 0 Å². The van der Waals surface area contributed by atoms with Crippen molar-refractivity contribution >= 4 is 17.7 Å². The summed E-state index contributed by atoms with van der Waals surface area (Å²) in [4.78, 5) is 38.7. The van der Waals surface area contributed by atoms with E-state index < -0.39 is 111 Å². The fourth-order valence-corrected chi connectivity index (χ4v) is 6.38. The molecule has 7 N–H and O–H groups in total. The second kappa shape index (κ2) is 21.8. The van der Waals surface area contributed by atoms with Crippen LogP contribution in [0, 0.1) is 5.41 Å². The molecule has 2 aliphatic heterocycles. The quantitative estimate of drug-likeness (QED) is 0.0871. The van der Waals surface area contributed by atoms with E-state index in [-0.39, 0.29) is 12.2 Å². The largest absolute Gasteiger partial charge is 0.463 e. The van der Waals surface area contributed by atoms with E-state index in [1.807, 2.05) is 89.3 Å². The number of ketones is 1. The van der Waals surface area contributed by atoms with Gasteiger partial charge in [0.25, 0.3) is 0 Å². The average Bonchev–Trinajstić information content (AvgIpc) is 3.16. The molecule has 2 fully saturated rings. The van der Waals surface area contributed by atoms with Gasteiger partial charge in [-0.15, -0.1) is 0 Å². The van der Waals surface area contributed by atoms with Gasteiger partial charge in [0, 0.05) is 6.42 Å². The lowest BCUT2D eigenvalue weighted by molar-refractivity contribution is -0.355. The van der Waals surface area contributed by atoms with E-state index in [4.69, 9.17) is 23.7 Å². The van der Waals surface area contributed by atoms with Gasteiger partial charge in [0.2, 0.25) is 0 Å². The van der Waals surface area contributed by atoms with E-state index in [2.05, 4.69) is 6.58 Å². The second-order valence-electron chi connectivity index (χ2n) is 15.0. The summed E-state index contributed by atoms with van der Waals surface area (Å²) in [6.07, 6.45) is 0.380. The molecule has 11 unspecified atom stereocenters. The predicted octanol–water partition coefficient (Wildman–Crippen LogP) is 1.85. The predicted molar refractivity (Wildman–Crippen MR) is 207 cm³/mol. The fraction of sp³-hybridized carbons (Fsp3) is 0.548. The lowest BCUT2D eigenvalue weighted by Crippen LogP contribution is -2.64. The van der Waals surface area contributed by atoms with E-state index >= 15 is 0 Å². The Balaban J connectivity index is 1.55. The number of carbonyl (C=O) groups is 3. The number of Topliss-reactive ketones (excluding diaryl/α,β-unsaturated/α-hetero) is 1. The summed E-state index contributed by atoms with van der Waals surface area (Å²) in [6.45, 7) is 13.8. The Hall–Kier alpha value is -3.87. The molecule has 0 spiro atoms. The van der Waals surface area contributed by atoms with Gasteiger partial charge in [0.15, 0.2) is 24.5 Å². The number of esters is 2. The van der Waals surface area contributed by atoms with Gasteiger partial charge in [-0.25, -0.2) is 0 Å². The number of ether oxygens (including phenoxy) is 5. The molecule has 15 heteroatoms. The maximum absolute atomic E-state index is 13.3. The fourth-order valence-electron chi connectivity index (χ4n) is 6.38. The maximum Gasteiger partial charge on any atom is 0.307 e. The molecule has 2 saturated heterocycles. The van der Waals surface area contributed by atoms with Crippen LogP contribution in [0.25, 0.3) is 0 Å². The number of hydrogen-bond acceptors (Lipinski definition) is 15. The Bertz CT molecular complexity index is 1650. The molecule has 0 aromatic carbocycles. The van der Waals surface area contributed by atoms with Crippen molar-refractivity contribution in [2.75, 3.05) is 13.2 Å². The van der Waals surface area contributed by atoms with Gasteiger partial charge in [-0.3, -0.25) is 14.4 Å². The van der Waals surface area contributed by atoms with Crippen molar-refractivity contribution in [3.05, 3.63) is 95.2 Å². The van der Waals surface area contributed by atoms with E-state index in [1.54, 1.807) is 13.0 Å². The number of rotatable bonds is 16. The molecular formula is C42H58O15. The van der Waals surface area contributed by atoms with Crippen molar-refractivity contribution < 1.29 is 73.8 Å². The Morgan fingerprint density at radius 3 is 2.07 bits per heavy atom. The van der Waals surface area contributed by atoms with Gasteiger partial charge in [0.05, 0.1) is 19.4 Å². The standard InChI is InChI=1S/C42H58O15/c1-8-23(2)12-9-10-13-24(3)14-11-15-25(4)16-17-27-26(5)33(46)28(20-42(27,6)7)54-32(45)19-18-31(44)53-22-30-39(36(49)37(50)40(52)55-30)57-41-38(51)35(48)34(47)29(21-43)56-41/h8-17,28-30,34-41,43,47-52H,1,18-22H2,2-7H3/b10-9+,14-11+,17-16+,23-12+,24-13+,25-15+. The molecule has 3 rings (SSSR count). The van der Waals surface area contributed by atoms with Crippen LogP contribution in [0.5, 0.6) is 0 Å². The smallest absolute Gasteiger partial charge is 0.307 e. The first-order valence-corrected chi connectivity index (χ1v) is 18.7. The van der Waals surface area contributed by atoms with Crippen LogP contribution in [-0.4, -0.2) is 134 Å². The maximum atomic E-state index is 13.3. The summed E-state index contributed by atoms with van der Waals surface area (Å²) in [7, 11) is 0. The van der Waals surface area contributed by atoms with Gasteiger partial charge in [0.1, 0.15) is 55.4 Å². The van der Waals surface area contributed by atoms with Crippen LogP contribution >= 0.6 is 0 Å². The SMILES string of the molecule is C=C/C(C)=C/C=C/C=C(C)/C=C/C=C(C)/C=C/C1=C(C)C(=O)C(OC(=O)CCC(=O)OCC2OC(O)C(O)C(O)C2OC2OC(CO)C(O)C(O)C2O)CC1(C)C. The first-order valence-electron chi connectivity index (χ1n) is 18.7. The van der Waals surface area contributed by atoms with Gasteiger partial charge in [-0.1, -0.05) is 97.9 Å². The third-order valence-corrected chi connectivity index (χ3v) is 9.89. The molecule has 3 aliphatic rings. The van der Waals surface area contributed by atoms with Crippen LogP contribution in [0.15, 0.2) is 95.2 Å². The van der Waals surface area contributed by atoms with Crippen molar-refractivity contribution in [3.8, 4) is 0 Å². The molecule has 316 valence electrons. The summed E-state index contributed by atoms with van der Waals surface area (Å²) < 4.78 is 26.8. The minimum Gasteiger partial charge on any atom is -0.463 e. The first kappa shape index (κ1) is 47.5.